The van der Waals surface area contributed by atoms with Crippen LogP contribution in [-0.4, -0.2) is 22.2 Å². The highest BCUT2D eigenvalue weighted by atomic mass is 15.1. The number of hydrogen-bond acceptors (Lipinski definition) is 5. The van der Waals surface area contributed by atoms with E-state index < -0.39 is 0 Å². The second kappa shape index (κ2) is 6.71. The number of hydrogen-bond donors (Lipinski definition) is 2. The van der Waals surface area contributed by atoms with E-state index in [2.05, 4.69) is 66.6 Å². The Morgan fingerprint density at radius 3 is 2.27 bits per heavy atom. The van der Waals surface area contributed by atoms with E-state index >= 15 is 0 Å². The molecule has 2 N–H and O–H groups in total. The molecule has 26 heavy (non-hydrogen) atoms. The van der Waals surface area contributed by atoms with Crippen molar-refractivity contribution in [1.82, 2.24) is 20.6 Å². The van der Waals surface area contributed by atoms with Crippen LogP contribution in [0.2, 0.25) is 0 Å². The lowest BCUT2D eigenvalue weighted by Gasteiger charge is -2.24. The van der Waals surface area contributed by atoms with Gasteiger partial charge in [-0.05, 0) is 60.1 Å². The molecular formula is C21H29N5. The lowest BCUT2D eigenvalue weighted by atomic mass is 9.98. The average Bonchev–Trinajstić information content (AvgIpc) is 3.52. The van der Waals surface area contributed by atoms with Crippen molar-refractivity contribution in [3.8, 4) is 0 Å². The van der Waals surface area contributed by atoms with Crippen molar-refractivity contribution in [2.45, 2.75) is 64.5 Å². The second-order valence-corrected chi connectivity index (χ2v) is 7.97. The summed E-state index contributed by atoms with van der Waals surface area (Å²) in [6.07, 6.45) is 9.68. The molecule has 0 aliphatic heterocycles. The van der Waals surface area contributed by atoms with Crippen molar-refractivity contribution in [3.63, 3.8) is 0 Å². The Morgan fingerprint density at radius 2 is 1.81 bits per heavy atom. The van der Waals surface area contributed by atoms with Crippen LogP contribution in [0.25, 0.3) is 0 Å². The minimum absolute atomic E-state index is 0.149. The molecule has 0 amide bonds. The van der Waals surface area contributed by atoms with Crippen molar-refractivity contribution < 1.29 is 0 Å². The molecule has 5 heteroatoms. The highest BCUT2D eigenvalue weighted by Crippen LogP contribution is 2.46. The molecule has 3 rings (SSSR count). The summed E-state index contributed by atoms with van der Waals surface area (Å²) in [6.45, 7) is 16.6. The van der Waals surface area contributed by atoms with Gasteiger partial charge in [0.15, 0.2) is 0 Å². The van der Waals surface area contributed by atoms with Crippen LogP contribution in [0.3, 0.4) is 0 Å². The first-order valence-electron chi connectivity index (χ1n) is 9.18. The number of nitrogens with one attached hydrogen (secondary N) is 2. The number of aromatic nitrogens is 2. The molecule has 0 aromatic carbocycles. The molecule has 2 aliphatic carbocycles. The Hall–Kier alpha value is -2.43. The lowest BCUT2D eigenvalue weighted by molar-refractivity contribution is 0.571. The number of rotatable bonds is 8. The molecule has 0 saturated heterocycles. The maximum Gasteiger partial charge on any atom is 0.129 e. The average molecular weight is 351 g/mol. The summed E-state index contributed by atoms with van der Waals surface area (Å²) in [5.74, 6) is 0.841. The summed E-state index contributed by atoms with van der Waals surface area (Å²) in [5.41, 5.74) is 5.23. The van der Waals surface area contributed by atoms with Crippen molar-refractivity contribution in [2.24, 2.45) is 4.99 Å². The van der Waals surface area contributed by atoms with E-state index in [0.717, 1.165) is 41.2 Å². The Labute approximate surface area is 156 Å². The summed E-state index contributed by atoms with van der Waals surface area (Å²) in [7, 11) is 0. The molecule has 0 radical (unpaired) electrons. The summed E-state index contributed by atoms with van der Waals surface area (Å²) in [5, 5.41) is 7.17. The van der Waals surface area contributed by atoms with Gasteiger partial charge in [-0.1, -0.05) is 12.2 Å². The van der Waals surface area contributed by atoms with Gasteiger partial charge in [-0.15, -0.1) is 0 Å². The van der Waals surface area contributed by atoms with E-state index in [0.29, 0.717) is 0 Å². The molecule has 2 aliphatic rings. The van der Waals surface area contributed by atoms with Crippen LogP contribution < -0.4 is 10.6 Å². The van der Waals surface area contributed by atoms with Gasteiger partial charge in [0, 0.05) is 34.8 Å². The quantitative estimate of drug-likeness (QED) is 0.549. The molecule has 0 atom stereocenters. The molecule has 0 unspecified atom stereocenters. The first-order chi connectivity index (χ1) is 12.3. The molecule has 0 bridgehead atoms. The van der Waals surface area contributed by atoms with Gasteiger partial charge in [-0.2, -0.15) is 0 Å². The van der Waals surface area contributed by atoms with Gasteiger partial charge in [-0.3, -0.25) is 9.97 Å². The van der Waals surface area contributed by atoms with Crippen LogP contribution in [0.4, 0.5) is 0 Å². The van der Waals surface area contributed by atoms with Gasteiger partial charge < -0.3 is 10.6 Å². The predicted molar refractivity (Wildman–Crippen MR) is 107 cm³/mol. The topological polar surface area (TPSA) is 62.2 Å². The van der Waals surface area contributed by atoms with Crippen LogP contribution >= 0.6 is 0 Å². The maximum atomic E-state index is 4.49. The lowest BCUT2D eigenvalue weighted by Crippen LogP contribution is -2.31. The van der Waals surface area contributed by atoms with E-state index in [1.807, 2.05) is 6.20 Å². The molecule has 1 heterocycles. The zero-order chi connectivity index (χ0) is 18.9. The third-order valence-electron chi connectivity index (χ3n) is 5.30. The van der Waals surface area contributed by atoms with Gasteiger partial charge in [0.05, 0.1) is 17.4 Å². The van der Waals surface area contributed by atoms with Crippen LogP contribution in [0.1, 0.15) is 59.1 Å². The third kappa shape index (κ3) is 3.71. The van der Waals surface area contributed by atoms with Gasteiger partial charge >= 0.3 is 0 Å². The molecule has 1 aromatic heterocycles. The van der Waals surface area contributed by atoms with Gasteiger partial charge in [0.25, 0.3) is 0 Å². The largest absolute Gasteiger partial charge is 0.374 e. The van der Waals surface area contributed by atoms with Crippen molar-refractivity contribution in [1.29, 1.82) is 0 Å². The molecule has 0 spiro atoms. The molecule has 1 aromatic rings. The smallest absolute Gasteiger partial charge is 0.129 e. The van der Waals surface area contributed by atoms with Gasteiger partial charge in [0.1, 0.15) is 5.82 Å². The SMILES string of the molecule is C=N/C(NC1(C)CC1)=C(\C)C(C(=C)NC1(c2cnccn2)CC1)=C(C)C. The van der Waals surface area contributed by atoms with Gasteiger partial charge in [0.2, 0.25) is 0 Å². The Bertz CT molecular complexity index is 776. The molecule has 2 fully saturated rings. The number of nitrogens with zero attached hydrogens (tertiary/aromatic N) is 3. The highest BCUT2D eigenvalue weighted by Gasteiger charge is 2.46. The zero-order valence-electron chi connectivity index (χ0n) is 16.3. The van der Waals surface area contributed by atoms with Crippen molar-refractivity contribution in [3.05, 3.63) is 59.1 Å². The Balaban J connectivity index is 1.85. The Kier molecular flexibility index (Phi) is 4.74. The van der Waals surface area contributed by atoms with Crippen molar-refractivity contribution >= 4 is 6.72 Å². The summed E-state index contributed by atoms with van der Waals surface area (Å²) in [4.78, 5) is 13.0. The summed E-state index contributed by atoms with van der Waals surface area (Å²) in [6, 6.07) is 0. The zero-order valence-corrected chi connectivity index (χ0v) is 16.3. The summed E-state index contributed by atoms with van der Waals surface area (Å²) >= 11 is 0. The summed E-state index contributed by atoms with van der Waals surface area (Å²) < 4.78 is 0. The fourth-order valence-electron chi connectivity index (χ4n) is 3.34. The molecular weight excluding hydrogens is 322 g/mol. The minimum Gasteiger partial charge on any atom is -0.374 e. The minimum atomic E-state index is -0.149. The normalized spacial score (nSPS) is 19.7. The first kappa shape index (κ1) is 18.4. The standard InChI is InChI=1S/C21H29N5/c1-14(2)18(15(3)19(22-6)26-20(5)7-8-20)16(4)25-21(9-10-21)17-13-23-11-12-24-17/h11-13,25-26H,4,6-10H2,1-3,5H3/b19-15-. The van der Waals surface area contributed by atoms with E-state index in [-0.39, 0.29) is 11.1 Å². The predicted octanol–water partition coefficient (Wildman–Crippen LogP) is 3.98. The van der Waals surface area contributed by atoms with Crippen LogP contribution in [0, 0.1) is 0 Å². The molecule has 5 nitrogen and oxygen atoms in total. The Morgan fingerprint density at radius 1 is 1.12 bits per heavy atom. The van der Waals surface area contributed by atoms with Crippen molar-refractivity contribution in [2.75, 3.05) is 0 Å². The number of aliphatic imine (C=N–C) groups is 1. The monoisotopic (exact) mass is 351 g/mol. The maximum absolute atomic E-state index is 4.49. The second-order valence-electron chi connectivity index (χ2n) is 7.97. The fourth-order valence-corrected chi connectivity index (χ4v) is 3.34. The van der Waals surface area contributed by atoms with E-state index in [4.69, 9.17) is 0 Å². The van der Waals surface area contributed by atoms with E-state index in [1.165, 1.54) is 18.4 Å². The van der Waals surface area contributed by atoms with Gasteiger partial charge in [-0.25, -0.2) is 4.99 Å². The molecule has 138 valence electrons. The van der Waals surface area contributed by atoms with Crippen LogP contribution in [0.15, 0.2) is 58.4 Å². The highest BCUT2D eigenvalue weighted by molar-refractivity contribution is 5.50. The van der Waals surface area contributed by atoms with Crippen LogP contribution in [0.5, 0.6) is 0 Å². The van der Waals surface area contributed by atoms with E-state index in [1.54, 1.807) is 12.4 Å². The fraction of sp³-hybridized carbons (Fsp3) is 0.476. The van der Waals surface area contributed by atoms with Crippen LogP contribution in [-0.2, 0) is 5.54 Å². The number of allylic oxidation sites excluding steroid dienone is 2. The molecule has 2 saturated carbocycles. The first-order valence-corrected chi connectivity index (χ1v) is 9.18. The van der Waals surface area contributed by atoms with E-state index in [9.17, 15) is 0 Å². The third-order valence-corrected chi connectivity index (χ3v) is 5.30.